The molecule has 20 aromatic carbocycles. The molecule has 2 heterocycles. The summed E-state index contributed by atoms with van der Waals surface area (Å²) in [6, 6.07) is 164. The normalized spacial score (nSPS) is 11.5. The molecule has 0 aliphatic heterocycles. The van der Waals surface area contributed by atoms with Crippen molar-refractivity contribution in [1.29, 1.82) is 0 Å². The van der Waals surface area contributed by atoms with Crippen molar-refractivity contribution >= 4 is 86.7 Å². The van der Waals surface area contributed by atoms with Gasteiger partial charge in [-0.25, -0.2) is 0 Å². The Balaban J connectivity index is 0.000000143. The van der Waals surface area contributed by atoms with Crippen LogP contribution in [0.25, 0.3) is 209 Å². The highest BCUT2D eigenvalue weighted by atomic mass is 15.0. The van der Waals surface area contributed by atoms with Gasteiger partial charge in [0.1, 0.15) is 0 Å². The molecule has 0 saturated carbocycles. The SMILES string of the molecule is c1ccc(-c2ccc(-c3ccc4c(c3)c3ccccc3n4-c3ccc(-c4c5ccccc5c(-c5ccc(-c6ccccc6)cc5)c5ccccc45)cc3)cc2)cc1.c1ccc(-c2ccc(-c3ccc4c(c3)c3ccccc3n4-c3ccc(-c4c5ccccc5c(-c5ccccc5-c5ccccc5)c5ccccc45)cc3)cc2)cc1. The average Bonchev–Trinajstić information content (AvgIpc) is 1.17. The van der Waals surface area contributed by atoms with Crippen LogP contribution in [0, 0.1) is 0 Å². The molecule has 0 spiro atoms. The second-order valence-corrected chi connectivity index (χ2v) is 29.7. The summed E-state index contributed by atoms with van der Waals surface area (Å²) in [6.07, 6.45) is 0. The van der Waals surface area contributed by atoms with Gasteiger partial charge in [-0.15, -0.1) is 0 Å². The van der Waals surface area contributed by atoms with E-state index in [1.165, 1.54) is 198 Å². The van der Waals surface area contributed by atoms with Crippen molar-refractivity contribution < 1.29 is 0 Å². The molecule has 22 rings (SSSR count). The van der Waals surface area contributed by atoms with Crippen molar-refractivity contribution in [2.45, 2.75) is 0 Å². The maximum Gasteiger partial charge on any atom is 0.0541 e. The van der Waals surface area contributed by atoms with Crippen molar-refractivity contribution in [2.24, 2.45) is 0 Å². The van der Waals surface area contributed by atoms with Crippen molar-refractivity contribution in [2.75, 3.05) is 0 Å². The molecule has 0 aliphatic rings. The van der Waals surface area contributed by atoms with Crippen LogP contribution in [0.2, 0.25) is 0 Å². The Morgan fingerprint density at radius 1 is 0.114 bits per heavy atom. The van der Waals surface area contributed by atoms with E-state index in [-0.39, 0.29) is 0 Å². The Kier molecular flexibility index (Phi) is 17.0. The summed E-state index contributed by atoms with van der Waals surface area (Å²) < 4.78 is 4.83. The highest BCUT2D eigenvalue weighted by molar-refractivity contribution is 6.24. The number of aromatic nitrogens is 2. The number of fused-ring (bicyclic) bond motifs is 10. The van der Waals surface area contributed by atoms with E-state index < -0.39 is 0 Å². The van der Waals surface area contributed by atoms with E-state index in [0.29, 0.717) is 0 Å². The molecule has 0 fully saturated rings. The van der Waals surface area contributed by atoms with Crippen LogP contribution in [0.15, 0.2) is 449 Å². The first-order chi connectivity index (χ1) is 56.6. The molecule has 2 heteroatoms. The minimum absolute atomic E-state index is 1.15. The Bertz CT molecular complexity index is 7250. The van der Waals surface area contributed by atoms with Crippen molar-refractivity contribution in [3.8, 4) is 123 Å². The van der Waals surface area contributed by atoms with Crippen LogP contribution in [0.5, 0.6) is 0 Å². The van der Waals surface area contributed by atoms with Gasteiger partial charge < -0.3 is 9.13 Å². The molecule has 0 bridgehead atoms. The average molecular weight is 1450 g/mol. The minimum Gasteiger partial charge on any atom is -0.309 e. The Morgan fingerprint density at radius 3 is 0.649 bits per heavy atom. The van der Waals surface area contributed by atoms with E-state index in [0.717, 1.165) is 11.4 Å². The van der Waals surface area contributed by atoms with Gasteiger partial charge >= 0.3 is 0 Å². The molecule has 0 aliphatic carbocycles. The van der Waals surface area contributed by atoms with Crippen molar-refractivity contribution in [3.63, 3.8) is 0 Å². The van der Waals surface area contributed by atoms with Crippen molar-refractivity contribution in [1.82, 2.24) is 9.13 Å². The first kappa shape index (κ1) is 67.2. The number of hydrogen-bond donors (Lipinski definition) is 0. The van der Waals surface area contributed by atoms with Gasteiger partial charge in [0, 0.05) is 32.9 Å². The molecule has 114 heavy (non-hydrogen) atoms. The third kappa shape index (κ3) is 11.9. The first-order valence-corrected chi connectivity index (χ1v) is 39.4. The fraction of sp³-hybridized carbons (Fsp3) is 0. The predicted molar refractivity (Wildman–Crippen MR) is 486 cm³/mol. The van der Waals surface area contributed by atoms with Gasteiger partial charge in [-0.05, 0) is 215 Å². The van der Waals surface area contributed by atoms with Gasteiger partial charge in [-0.3, -0.25) is 0 Å². The maximum atomic E-state index is 2.41. The van der Waals surface area contributed by atoms with Gasteiger partial charge in [0.15, 0.2) is 0 Å². The van der Waals surface area contributed by atoms with E-state index in [1.54, 1.807) is 0 Å². The molecule has 2 aromatic heterocycles. The lowest BCUT2D eigenvalue weighted by Gasteiger charge is -2.20. The molecular formula is C112H74N2. The summed E-state index contributed by atoms with van der Waals surface area (Å²) in [5.74, 6) is 0. The highest BCUT2D eigenvalue weighted by Crippen LogP contribution is 2.49. The lowest BCUT2D eigenvalue weighted by molar-refractivity contribution is 1.18. The van der Waals surface area contributed by atoms with E-state index in [9.17, 15) is 0 Å². The van der Waals surface area contributed by atoms with Gasteiger partial charge in [0.05, 0.1) is 22.1 Å². The predicted octanol–water partition coefficient (Wildman–Crippen LogP) is 30.9. The summed E-state index contributed by atoms with van der Waals surface area (Å²) in [5.41, 5.74) is 31.8. The van der Waals surface area contributed by atoms with Crippen LogP contribution in [-0.2, 0) is 0 Å². The molecule has 0 atom stereocenters. The van der Waals surface area contributed by atoms with Crippen LogP contribution in [-0.4, -0.2) is 9.13 Å². The van der Waals surface area contributed by atoms with Gasteiger partial charge in [-0.2, -0.15) is 0 Å². The van der Waals surface area contributed by atoms with E-state index in [4.69, 9.17) is 0 Å². The fourth-order valence-corrected chi connectivity index (χ4v) is 17.9. The molecule has 22 aromatic rings. The van der Waals surface area contributed by atoms with Gasteiger partial charge in [0.2, 0.25) is 0 Å². The van der Waals surface area contributed by atoms with E-state index >= 15 is 0 Å². The first-order valence-electron chi connectivity index (χ1n) is 39.4. The van der Waals surface area contributed by atoms with Crippen LogP contribution in [0.4, 0.5) is 0 Å². The molecule has 532 valence electrons. The highest BCUT2D eigenvalue weighted by Gasteiger charge is 2.23. The summed E-state index contributed by atoms with van der Waals surface area (Å²) in [4.78, 5) is 0. The lowest BCUT2D eigenvalue weighted by Crippen LogP contribution is -1.95. The van der Waals surface area contributed by atoms with Crippen LogP contribution in [0.3, 0.4) is 0 Å². The van der Waals surface area contributed by atoms with Crippen LogP contribution >= 0.6 is 0 Å². The minimum atomic E-state index is 1.15. The van der Waals surface area contributed by atoms with Gasteiger partial charge in [-0.1, -0.05) is 388 Å². The monoisotopic (exact) mass is 1450 g/mol. The van der Waals surface area contributed by atoms with Crippen molar-refractivity contribution in [3.05, 3.63) is 449 Å². The van der Waals surface area contributed by atoms with Crippen LogP contribution < -0.4 is 0 Å². The molecule has 0 unspecified atom stereocenters. The summed E-state index contributed by atoms with van der Waals surface area (Å²) in [5, 5.41) is 15.1. The van der Waals surface area contributed by atoms with Crippen LogP contribution in [0.1, 0.15) is 0 Å². The molecule has 0 radical (unpaired) electrons. The number of nitrogens with zero attached hydrogens (tertiary/aromatic N) is 2. The molecule has 0 amide bonds. The zero-order chi connectivity index (χ0) is 75.4. The number of benzene rings is 20. The Hall–Kier alpha value is -15.0. The fourth-order valence-electron chi connectivity index (χ4n) is 17.9. The zero-order valence-corrected chi connectivity index (χ0v) is 62.6. The Labute approximate surface area is 662 Å². The molecule has 0 saturated heterocycles. The quantitative estimate of drug-likeness (QED) is 0.108. The molecular weight excluding hydrogens is 1370 g/mol. The van der Waals surface area contributed by atoms with E-state index in [1.807, 2.05) is 0 Å². The summed E-state index contributed by atoms with van der Waals surface area (Å²) >= 11 is 0. The maximum absolute atomic E-state index is 2.41. The molecule has 0 N–H and O–H groups in total. The third-order valence-electron chi connectivity index (χ3n) is 23.2. The number of hydrogen-bond acceptors (Lipinski definition) is 0. The molecule has 2 nitrogen and oxygen atoms in total. The van der Waals surface area contributed by atoms with Gasteiger partial charge in [0.25, 0.3) is 0 Å². The number of rotatable bonds is 12. The largest absolute Gasteiger partial charge is 0.309 e. The Morgan fingerprint density at radius 2 is 0.325 bits per heavy atom. The number of para-hydroxylation sites is 2. The second kappa shape index (κ2) is 28.8. The smallest absolute Gasteiger partial charge is 0.0541 e. The third-order valence-corrected chi connectivity index (χ3v) is 23.2. The lowest BCUT2D eigenvalue weighted by atomic mass is 9.84. The second-order valence-electron chi connectivity index (χ2n) is 29.7. The topological polar surface area (TPSA) is 9.86 Å². The summed E-state index contributed by atoms with van der Waals surface area (Å²) in [6.45, 7) is 0. The summed E-state index contributed by atoms with van der Waals surface area (Å²) in [7, 11) is 0. The zero-order valence-electron chi connectivity index (χ0n) is 62.6. The van der Waals surface area contributed by atoms with E-state index in [2.05, 4.69) is 458 Å². The standard InChI is InChI=1S/2C56H37N/c1-3-13-38(14-4-1)40-23-25-42(26-24-40)45-33-36-54-52(37-45)47-17-11-12-22-53(47)57(54)46-34-31-44(32-35-46)56-50-20-9-7-18-48(50)55(49-19-8-10-21-51(49)56)43-29-27-41(28-30-43)39-15-5-2-6-16-39;1-3-15-38(16-4-1)39-27-29-40(30-28-39)43-33-36-54-52(37-43)46-20-13-14-26-53(46)57(54)44-34-31-42(32-35-44)55-48-22-9-11-24-50(48)56(51-25-12-10-23-49(51)55)47-21-8-7-19-45(47)41-17-5-2-6-18-41/h2*1-37H.